The zero-order valence-corrected chi connectivity index (χ0v) is 24.3. The molecule has 43 heavy (non-hydrogen) atoms. The number of nitrogens with two attached hydrogens (primary N) is 2. The molecule has 3 rings (SSSR count). The van der Waals surface area contributed by atoms with Gasteiger partial charge in [0.15, 0.2) is 0 Å². The molecule has 230 valence electrons. The Labute approximate surface area is 250 Å². The van der Waals surface area contributed by atoms with Crippen LogP contribution in [0.25, 0.3) is 10.9 Å². The molecule has 0 aliphatic rings. The van der Waals surface area contributed by atoms with Crippen LogP contribution in [0.3, 0.4) is 0 Å². The van der Waals surface area contributed by atoms with Gasteiger partial charge in [-0.1, -0.05) is 68.8 Å². The number of H-pyrrole nitrogens is 1. The third kappa shape index (κ3) is 9.40. The Kier molecular flexibility index (Phi) is 11.8. The first-order chi connectivity index (χ1) is 20.5. The van der Waals surface area contributed by atoms with Gasteiger partial charge < -0.3 is 37.5 Å². The lowest BCUT2D eigenvalue weighted by atomic mass is 9.96. The third-order valence-corrected chi connectivity index (χ3v) is 7.46. The first kappa shape index (κ1) is 32.8. The standard InChI is InChI=1S/C31H40N6O6/c1-3-18(2)27(37-28(39)22(32)13-14-26(33)38)30(41)35-24(16-20-17-34-23-12-8-7-11-21(20)23)29(40)36-25(31(42)43)15-19-9-5-4-6-10-19/h4-12,17-18,22,24-25,27,34H,3,13-16,32H2,1-2H3,(H2,33,38)(H,35,41)(H,36,40)(H,37,39)(H,42,43). The molecule has 1 heterocycles. The van der Waals surface area contributed by atoms with Gasteiger partial charge in [-0.05, 0) is 29.5 Å². The molecule has 3 aromatic rings. The summed E-state index contributed by atoms with van der Waals surface area (Å²) in [5.74, 6) is -4.10. The molecule has 12 heteroatoms. The van der Waals surface area contributed by atoms with Crippen molar-refractivity contribution in [2.75, 3.05) is 0 Å². The molecule has 5 atom stereocenters. The number of primary amides is 1. The molecule has 4 amide bonds. The number of hydrogen-bond donors (Lipinski definition) is 7. The number of carbonyl (C=O) groups excluding carboxylic acids is 4. The second kappa shape index (κ2) is 15.5. The van der Waals surface area contributed by atoms with E-state index < -0.39 is 53.8 Å². The predicted molar refractivity (Wildman–Crippen MR) is 161 cm³/mol. The molecule has 0 saturated heterocycles. The van der Waals surface area contributed by atoms with E-state index in [-0.39, 0.29) is 31.6 Å². The lowest BCUT2D eigenvalue weighted by molar-refractivity contribution is -0.142. The summed E-state index contributed by atoms with van der Waals surface area (Å²) in [7, 11) is 0. The van der Waals surface area contributed by atoms with E-state index in [9.17, 15) is 29.1 Å². The molecule has 12 nitrogen and oxygen atoms in total. The number of benzene rings is 2. The number of carboxylic acids is 1. The van der Waals surface area contributed by atoms with Crippen molar-refractivity contribution >= 4 is 40.5 Å². The number of carbonyl (C=O) groups is 5. The summed E-state index contributed by atoms with van der Waals surface area (Å²) in [4.78, 5) is 66.4. The van der Waals surface area contributed by atoms with E-state index in [1.54, 1.807) is 37.4 Å². The molecule has 1 aromatic heterocycles. The normalized spacial score (nSPS) is 14.6. The first-order valence-corrected chi connectivity index (χ1v) is 14.3. The minimum absolute atomic E-state index is 0.0135. The van der Waals surface area contributed by atoms with Crippen molar-refractivity contribution in [1.82, 2.24) is 20.9 Å². The predicted octanol–water partition coefficient (Wildman–Crippen LogP) is 1.13. The van der Waals surface area contributed by atoms with Crippen LogP contribution < -0.4 is 27.4 Å². The topological polar surface area (TPSA) is 209 Å². The minimum atomic E-state index is -1.24. The molecule has 0 bridgehead atoms. The van der Waals surface area contributed by atoms with Crippen molar-refractivity contribution in [3.8, 4) is 0 Å². The smallest absolute Gasteiger partial charge is 0.326 e. The van der Waals surface area contributed by atoms with E-state index in [0.717, 1.165) is 22.0 Å². The lowest BCUT2D eigenvalue weighted by Gasteiger charge is -2.28. The van der Waals surface area contributed by atoms with Crippen molar-refractivity contribution in [1.29, 1.82) is 0 Å². The largest absolute Gasteiger partial charge is 0.480 e. The molecule has 5 unspecified atom stereocenters. The van der Waals surface area contributed by atoms with E-state index in [4.69, 9.17) is 11.5 Å². The highest BCUT2D eigenvalue weighted by atomic mass is 16.4. The molecule has 0 fully saturated rings. The molecule has 0 saturated carbocycles. The van der Waals surface area contributed by atoms with Gasteiger partial charge in [-0.15, -0.1) is 0 Å². The van der Waals surface area contributed by atoms with Gasteiger partial charge in [-0.25, -0.2) is 4.79 Å². The highest BCUT2D eigenvalue weighted by molar-refractivity contribution is 5.95. The van der Waals surface area contributed by atoms with Gasteiger partial charge in [-0.3, -0.25) is 19.2 Å². The fourth-order valence-corrected chi connectivity index (χ4v) is 4.70. The number of amides is 4. The van der Waals surface area contributed by atoms with Crippen LogP contribution >= 0.6 is 0 Å². The van der Waals surface area contributed by atoms with Gasteiger partial charge in [0.25, 0.3) is 0 Å². The van der Waals surface area contributed by atoms with Crippen molar-refractivity contribution in [3.05, 3.63) is 71.9 Å². The summed E-state index contributed by atoms with van der Waals surface area (Å²) >= 11 is 0. The van der Waals surface area contributed by atoms with Crippen LogP contribution in [0, 0.1) is 5.92 Å². The van der Waals surface area contributed by atoms with Crippen molar-refractivity contribution < 1.29 is 29.1 Å². The van der Waals surface area contributed by atoms with Crippen LogP contribution in [0.2, 0.25) is 0 Å². The van der Waals surface area contributed by atoms with Gasteiger partial charge in [0.05, 0.1) is 6.04 Å². The number of hydrogen-bond acceptors (Lipinski definition) is 6. The molecule has 2 aromatic carbocycles. The highest BCUT2D eigenvalue weighted by Gasteiger charge is 2.33. The maximum Gasteiger partial charge on any atom is 0.326 e. The summed E-state index contributed by atoms with van der Waals surface area (Å²) in [6.07, 6.45) is 2.28. The Morgan fingerprint density at radius 1 is 0.860 bits per heavy atom. The molecular weight excluding hydrogens is 552 g/mol. The van der Waals surface area contributed by atoms with Crippen LogP contribution in [0.4, 0.5) is 0 Å². The fraction of sp³-hybridized carbons (Fsp3) is 0.387. The summed E-state index contributed by atoms with van der Waals surface area (Å²) in [6, 6.07) is 11.8. The van der Waals surface area contributed by atoms with Gasteiger partial charge in [0.2, 0.25) is 23.6 Å². The zero-order chi connectivity index (χ0) is 31.5. The number of rotatable bonds is 16. The fourth-order valence-electron chi connectivity index (χ4n) is 4.70. The monoisotopic (exact) mass is 592 g/mol. The number of para-hydroxylation sites is 1. The number of fused-ring (bicyclic) bond motifs is 1. The van der Waals surface area contributed by atoms with Crippen LogP contribution in [0.15, 0.2) is 60.8 Å². The summed E-state index contributed by atoms with van der Waals surface area (Å²) in [5.41, 5.74) is 13.4. The van der Waals surface area contributed by atoms with Gasteiger partial charge >= 0.3 is 5.97 Å². The van der Waals surface area contributed by atoms with E-state index in [1.807, 2.05) is 37.3 Å². The van der Waals surface area contributed by atoms with E-state index in [0.29, 0.717) is 6.42 Å². The Hall–Kier alpha value is -4.71. The number of carboxylic acid groups (broad SMARTS) is 1. The van der Waals surface area contributed by atoms with Crippen molar-refractivity contribution in [3.63, 3.8) is 0 Å². The molecule has 0 aliphatic heterocycles. The summed E-state index contributed by atoms with van der Waals surface area (Å²) in [5, 5.41) is 18.7. The zero-order valence-electron chi connectivity index (χ0n) is 24.3. The Morgan fingerprint density at radius 3 is 2.16 bits per heavy atom. The molecule has 9 N–H and O–H groups in total. The van der Waals surface area contributed by atoms with Crippen LogP contribution in [0.5, 0.6) is 0 Å². The lowest BCUT2D eigenvalue weighted by Crippen LogP contribution is -2.59. The van der Waals surface area contributed by atoms with Crippen LogP contribution in [-0.2, 0) is 36.8 Å². The highest BCUT2D eigenvalue weighted by Crippen LogP contribution is 2.20. The van der Waals surface area contributed by atoms with Crippen molar-refractivity contribution in [2.45, 2.75) is 70.1 Å². The van der Waals surface area contributed by atoms with Gasteiger partial charge in [-0.2, -0.15) is 0 Å². The van der Waals surface area contributed by atoms with Gasteiger partial charge in [0.1, 0.15) is 18.1 Å². The second-order valence-corrected chi connectivity index (χ2v) is 10.7. The molecule has 0 spiro atoms. The number of aromatic amines is 1. The van der Waals surface area contributed by atoms with E-state index >= 15 is 0 Å². The maximum absolute atomic E-state index is 13.6. The Balaban J connectivity index is 1.85. The van der Waals surface area contributed by atoms with E-state index in [1.165, 1.54) is 0 Å². The number of aromatic nitrogens is 1. The summed E-state index contributed by atoms with van der Waals surface area (Å²) < 4.78 is 0. The van der Waals surface area contributed by atoms with Crippen LogP contribution in [-0.4, -0.2) is 63.9 Å². The average Bonchev–Trinajstić information content (AvgIpc) is 3.40. The Bertz CT molecular complexity index is 1420. The van der Waals surface area contributed by atoms with Crippen molar-refractivity contribution in [2.24, 2.45) is 17.4 Å². The average molecular weight is 593 g/mol. The molecule has 0 radical (unpaired) electrons. The Morgan fingerprint density at radius 2 is 1.51 bits per heavy atom. The SMILES string of the molecule is CCC(C)C(NC(=O)C(N)CCC(N)=O)C(=O)NC(Cc1c[nH]c2ccccc12)C(=O)NC(Cc1ccccc1)C(=O)O. The second-order valence-electron chi connectivity index (χ2n) is 10.7. The summed E-state index contributed by atoms with van der Waals surface area (Å²) in [6.45, 7) is 3.62. The maximum atomic E-state index is 13.6. The minimum Gasteiger partial charge on any atom is -0.480 e. The van der Waals surface area contributed by atoms with Crippen LogP contribution in [0.1, 0.15) is 44.2 Å². The van der Waals surface area contributed by atoms with E-state index in [2.05, 4.69) is 20.9 Å². The third-order valence-electron chi connectivity index (χ3n) is 7.46. The molecular formula is C31H40N6O6. The first-order valence-electron chi connectivity index (χ1n) is 14.3. The quantitative estimate of drug-likeness (QED) is 0.129. The van der Waals surface area contributed by atoms with Gasteiger partial charge in [0, 0.05) is 36.4 Å². The molecule has 0 aliphatic carbocycles. The number of nitrogens with one attached hydrogen (secondary N) is 4. The number of aliphatic carboxylic acids is 1.